The first-order valence-electron chi connectivity index (χ1n) is 6.29. The van der Waals surface area contributed by atoms with E-state index in [-0.39, 0.29) is 18.1 Å². The number of nitrogens with two attached hydrogens (primary N) is 1. The molecule has 1 aromatic carbocycles. The maximum atomic E-state index is 13.1. The van der Waals surface area contributed by atoms with Crippen LogP contribution < -0.4 is 15.6 Å². The van der Waals surface area contributed by atoms with Gasteiger partial charge in [0.25, 0.3) is 6.43 Å². The van der Waals surface area contributed by atoms with Crippen molar-refractivity contribution in [2.45, 2.75) is 20.0 Å². The summed E-state index contributed by atoms with van der Waals surface area (Å²) in [7, 11) is 1.58. The first kappa shape index (κ1) is 15.1. The Bertz CT molecular complexity index is 593. The number of aromatic nitrogens is 2. The molecule has 1 heterocycles. The Morgan fingerprint density at radius 3 is 2.71 bits per heavy atom. The van der Waals surface area contributed by atoms with Gasteiger partial charge >= 0.3 is 0 Å². The summed E-state index contributed by atoms with van der Waals surface area (Å²) in [4.78, 5) is 8.06. The largest absolute Gasteiger partial charge is 0.472 e. The first-order valence-corrected chi connectivity index (χ1v) is 6.29. The topological polar surface area (TPSA) is 64.3 Å². The maximum Gasteiger partial charge on any atom is 0.264 e. The van der Waals surface area contributed by atoms with E-state index in [4.69, 9.17) is 10.6 Å². The van der Waals surface area contributed by atoms with Gasteiger partial charge in [-0.1, -0.05) is 12.1 Å². The summed E-state index contributed by atoms with van der Waals surface area (Å²) in [5.74, 6) is 5.96. The molecule has 0 spiro atoms. The number of ether oxygens (including phenoxy) is 1. The van der Waals surface area contributed by atoms with Gasteiger partial charge in [0.05, 0.1) is 17.6 Å². The van der Waals surface area contributed by atoms with Crippen molar-refractivity contribution in [3.05, 3.63) is 47.4 Å². The number of hydrogen-bond donors (Lipinski definition) is 1. The molecule has 0 aliphatic carbocycles. The third kappa shape index (κ3) is 3.63. The fourth-order valence-electron chi connectivity index (χ4n) is 1.94. The smallest absolute Gasteiger partial charge is 0.264 e. The van der Waals surface area contributed by atoms with Crippen LogP contribution in [0.2, 0.25) is 0 Å². The standard InChI is InChI=1S/C14H16F2N4O/c1-9-6-18-7-13(19-9)21-8-11-10(14(15)16)4-3-5-12(11)20(2)17/h3-7,14H,8,17H2,1-2H3. The second kappa shape index (κ2) is 6.45. The molecular weight excluding hydrogens is 278 g/mol. The van der Waals surface area contributed by atoms with Crippen LogP contribution in [0.5, 0.6) is 5.88 Å². The highest BCUT2D eigenvalue weighted by molar-refractivity contribution is 5.55. The third-order valence-electron chi connectivity index (χ3n) is 2.90. The zero-order valence-corrected chi connectivity index (χ0v) is 11.8. The summed E-state index contributed by atoms with van der Waals surface area (Å²) in [6.07, 6.45) is 0.412. The zero-order chi connectivity index (χ0) is 15.4. The van der Waals surface area contributed by atoms with Gasteiger partial charge in [0.15, 0.2) is 0 Å². The van der Waals surface area contributed by atoms with Gasteiger partial charge in [-0.2, -0.15) is 0 Å². The lowest BCUT2D eigenvalue weighted by Crippen LogP contribution is -2.27. The normalized spacial score (nSPS) is 10.8. The average Bonchev–Trinajstić information content (AvgIpc) is 2.44. The quantitative estimate of drug-likeness (QED) is 0.678. The van der Waals surface area contributed by atoms with Gasteiger partial charge in [-0.15, -0.1) is 0 Å². The van der Waals surface area contributed by atoms with E-state index < -0.39 is 6.43 Å². The molecule has 0 radical (unpaired) electrons. The van der Waals surface area contributed by atoms with Crippen molar-refractivity contribution in [3.63, 3.8) is 0 Å². The molecule has 2 rings (SSSR count). The van der Waals surface area contributed by atoms with E-state index in [0.29, 0.717) is 16.9 Å². The van der Waals surface area contributed by atoms with E-state index in [1.165, 1.54) is 23.3 Å². The summed E-state index contributed by atoms with van der Waals surface area (Å²) in [5.41, 5.74) is 1.39. The van der Waals surface area contributed by atoms with E-state index in [1.54, 1.807) is 26.2 Å². The summed E-state index contributed by atoms with van der Waals surface area (Å²) < 4.78 is 31.7. The van der Waals surface area contributed by atoms with Crippen LogP contribution in [0.1, 0.15) is 23.2 Å². The van der Waals surface area contributed by atoms with E-state index in [1.807, 2.05) is 0 Å². The lowest BCUT2D eigenvalue weighted by molar-refractivity contribution is 0.148. The van der Waals surface area contributed by atoms with Gasteiger partial charge in [0, 0.05) is 24.4 Å². The molecule has 0 aliphatic rings. The molecule has 7 heteroatoms. The molecule has 0 aliphatic heterocycles. The van der Waals surface area contributed by atoms with Crippen molar-refractivity contribution in [3.8, 4) is 5.88 Å². The molecule has 2 aromatic rings. The molecule has 0 atom stereocenters. The number of halogens is 2. The second-order valence-corrected chi connectivity index (χ2v) is 4.54. The summed E-state index contributed by atoms with van der Waals surface area (Å²) in [6, 6.07) is 4.56. The van der Waals surface area contributed by atoms with Gasteiger partial charge in [-0.25, -0.2) is 19.6 Å². The SMILES string of the molecule is Cc1cncc(OCc2c(C(F)F)cccc2N(C)N)n1. The number of benzene rings is 1. The van der Waals surface area contributed by atoms with Crippen LogP contribution in [0.25, 0.3) is 0 Å². The van der Waals surface area contributed by atoms with E-state index in [9.17, 15) is 8.78 Å². The number of aryl methyl sites for hydroxylation is 1. The Morgan fingerprint density at radius 2 is 2.10 bits per heavy atom. The van der Waals surface area contributed by atoms with Crippen molar-refractivity contribution in [1.82, 2.24) is 9.97 Å². The summed E-state index contributed by atoms with van der Waals surface area (Å²) in [5, 5.41) is 1.28. The Kier molecular flexibility index (Phi) is 4.64. The predicted molar refractivity (Wildman–Crippen MR) is 75.1 cm³/mol. The molecule has 21 heavy (non-hydrogen) atoms. The molecular formula is C14H16F2N4O. The van der Waals surface area contributed by atoms with Crippen molar-refractivity contribution in [1.29, 1.82) is 0 Å². The zero-order valence-electron chi connectivity index (χ0n) is 11.8. The molecule has 0 amide bonds. The van der Waals surface area contributed by atoms with E-state index in [0.717, 1.165) is 0 Å². The minimum atomic E-state index is -2.60. The fraction of sp³-hybridized carbons (Fsp3) is 0.286. The molecule has 0 saturated carbocycles. The van der Waals surface area contributed by atoms with E-state index in [2.05, 4.69) is 9.97 Å². The number of alkyl halides is 2. The Balaban J connectivity index is 2.29. The average molecular weight is 294 g/mol. The second-order valence-electron chi connectivity index (χ2n) is 4.54. The van der Waals surface area contributed by atoms with Gasteiger partial charge < -0.3 is 9.75 Å². The van der Waals surface area contributed by atoms with Crippen molar-refractivity contribution in [2.24, 2.45) is 5.84 Å². The maximum absolute atomic E-state index is 13.1. The van der Waals surface area contributed by atoms with Gasteiger partial charge in [-0.05, 0) is 13.0 Å². The number of hydrazine groups is 1. The van der Waals surface area contributed by atoms with Gasteiger partial charge in [0.2, 0.25) is 5.88 Å². The molecule has 0 saturated heterocycles. The molecule has 0 fully saturated rings. The lowest BCUT2D eigenvalue weighted by Gasteiger charge is -2.20. The first-order chi connectivity index (χ1) is 9.99. The van der Waals surface area contributed by atoms with Crippen molar-refractivity contribution < 1.29 is 13.5 Å². The predicted octanol–water partition coefficient (Wildman–Crippen LogP) is 2.61. The lowest BCUT2D eigenvalue weighted by atomic mass is 10.1. The van der Waals surface area contributed by atoms with Crippen LogP contribution in [-0.2, 0) is 6.61 Å². The molecule has 5 nitrogen and oxygen atoms in total. The van der Waals surface area contributed by atoms with Crippen LogP contribution in [0.15, 0.2) is 30.6 Å². The molecule has 0 bridgehead atoms. The molecule has 2 N–H and O–H groups in total. The van der Waals surface area contributed by atoms with Crippen LogP contribution in [0.3, 0.4) is 0 Å². The molecule has 1 aromatic heterocycles. The van der Waals surface area contributed by atoms with Gasteiger partial charge in [-0.3, -0.25) is 4.98 Å². The fourth-order valence-corrected chi connectivity index (χ4v) is 1.94. The van der Waals surface area contributed by atoms with Crippen LogP contribution in [-0.4, -0.2) is 17.0 Å². The number of rotatable bonds is 5. The minimum absolute atomic E-state index is 0.0600. The highest BCUT2D eigenvalue weighted by atomic mass is 19.3. The Hall–Kier alpha value is -2.28. The van der Waals surface area contributed by atoms with Gasteiger partial charge in [0.1, 0.15) is 6.61 Å². The van der Waals surface area contributed by atoms with E-state index >= 15 is 0 Å². The third-order valence-corrected chi connectivity index (χ3v) is 2.90. The summed E-state index contributed by atoms with van der Waals surface area (Å²) >= 11 is 0. The number of nitrogens with zero attached hydrogens (tertiary/aromatic N) is 3. The van der Waals surface area contributed by atoms with Crippen LogP contribution in [0, 0.1) is 6.92 Å². The van der Waals surface area contributed by atoms with Crippen molar-refractivity contribution >= 4 is 5.69 Å². The monoisotopic (exact) mass is 294 g/mol. The number of anilines is 1. The molecule has 112 valence electrons. The highest BCUT2D eigenvalue weighted by Crippen LogP contribution is 2.30. The van der Waals surface area contributed by atoms with Crippen molar-refractivity contribution in [2.75, 3.05) is 12.1 Å². The van der Waals surface area contributed by atoms with Crippen LogP contribution in [0.4, 0.5) is 14.5 Å². The number of hydrogen-bond acceptors (Lipinski definition) is 5. The minimum Gasteiger partial charge on any atom is -0.472 e. The molecule has 0 unspecified atom stereocenters. The Morgan fingerprint density at radius 1 is 1.33 bits per heavy atom. The van der Waals surface area contributed by atoms with Crippen LogP contribution >= 0.6 is 0 Å². The summed E-state index contributed by atoms with van der Waals surface area (Å²) in [6.45, 7) is 1.71. The Labute approximate surface area is 121 Å². The highest BCUT2D eigenvalue weighted by Gasteiger charge is 2.18.